The van der Waals surface area contributed by atoms with E-state index in [0.29, 0.717) is 17.8 Å². The number of nitrogens with one attached hydrogen (secondary N) is 1. The summed E-state index contributed by atoms with van der Waals surface area (Å²) in [5.74, 6) is -1.39. The van der Waals surface area contributed by atoms with Gasteiger partial charge in [-0.3, -0.25) is 19.4 Å². The van der Waals surface area contributed by atoms with E-state index >= 15 is 0 Å². The molecular formula is C27H32N4O4. The Morgan fingerprint density at radius 2 is 1.77 bits per heavy atom. The van der Waals surface area contributed by atoms with Crippen LogP contribution in [-0.4, -0.2) is 31.5 Å². The number of carbonyl (C=O) groups excluding carboxylic acids is 1. The summed E-state index contributed by atoms with van der Waals surface area (Å²) in [5.41, 5.74) is 4.44. The number of aliphatic carboxylic acids is 1. The summed E-state index contributed by atoms with van der Waals surface area (Å²) in [6, 6.07) is 7.47. The topological polar surface area (TPSA) is 114 Å². The van der Waals surface area contributed by atoms with Gasteiger partial charge in [-0.25, -0.2) is 4.98 Å². The summed E-state index contributed by atoms with van der Waals surface area (Å²) in [5, 5.41) is 12.4. The fourth-order valence-electron chi connectivity index (χ4n) is 4.20. The minimum Gasteiger partial charge on any atom is -0.481 e. The van der Waals surface area contributed by atoms with Crippen LogP contribution in [0.4, 0.5) is 0 Å². The fraction of sp³-hybridized carbons (Fsp3) is 0.370. The van der Waals surface area contributed by atoms with E-state index in [2.05, 4.69) is 15.3 Å². The van der Waals surface area contributed by atoms with E-state index in [1.165, 1.54) is 16.8 Å². The van der Waals surface area contributed by atoms with Crippen molar-refractivity contribution >= 4 is 11.9 Å². The molecule has 2 N–H and O–H groups in total. The molecule has 2 heterocycles. The lowest BCUT2D eigenvalue weighted by Crippen LogP contribution is -2.40. The van der Waals surface area contributed by atoms with Crippen LogP contribution in [0.1, 0.15) is 61.2 Å². The quantitative estimate of drug-likeness (QED) is 0.480. The summed E-state index contributed by atoms with van der Waals surface area (Å²) in [7, 11) is 0. The van der Waals surface area contributed by atoms with Gasteiger partial charge in [0.25, 0.3) is 5.56 Å². The first-order chi connectivity index (χ1) is 16.6. The first kappa shape index (κ1) is 25.8. The summed E-state index contributed by atoms with van der Waals surface area (Å²) >= 11 is 0. The van der Waals surface area contributed by atoms with E-state index in [9.17, 15) is 19.5 Å². The highest BCUT2D eigenvalue weighted by Gasteiger charge is 2.28. The molecule has 35 heavy (non-hydrogen) atoms. The van der Waals surface area contributed by atoms with Gasteiger partial charge >= 0.3 is 5.97 Å². The summed E-state index contributed by atoms with van der Waals surface area (Å²) in [6.07, 6.45) is 4.76. The summed E-state index contributed by atoms with van der Waals surface area (Å²) in [4.78, 5) is 46.7. The number of carbonyl (C=O) groups is 2. The molecule has 3 rings (SSSR count). The number of rotatable bonds is 9. The number of pyridine rings is 1. The Labute approximate surface area is 205 Å². The molecule has 8 nitrogen and oxygen atoms in total. The zero-order valence-corrected chi connectivity index (χ0v) is 20.8. The third-order valence-corrected chi connectivity index (χ3v) is 5.88. The van der Waals surface area contributed by atoms with Crippen LogP contribution in [-0.2, 0) is 9.59 Å². The second kappa shape index (κ2) is 11.1. The zero-order chi connectivity index (χ0) is 25.7. The van der Waals surface area contributed by atoms with Crippen LogP contribution in [0.5, 0.6) is 0 Å². The maximum atomic E-state index is 13.4. The molecule has 0 aliphatic carbocycles. The van der Waals surface area contributed by atoms with Crippen molar-refractivity contribution in [2.45, 2.75) is 59.5 Å². The van der Waals surface area contributed by atoms with Crippen molar-refractivity contribution in [2.75, 3.05) is 0 Å². The molecule has 1 amide bonds. The molecule has 8 heteroatoms. The first-order valence-electron chi connectivity index (χ1n) is 11.7. The smallest absolute Gasteiger partial charge is 0.305 e. The van der Waals surface area contributed by atoms with Crippen LogP contribution in [0.15, 0.2) is 53.7 Å². The minimum absolute atomic E-state index is 0.129. The average molecular weight is 477 g/mol. The summed E-state index contributed by atoms with van der Waals surface area (Å²) < 4.78 is 1.40. The lowest BCUT2D eigenvalue weighted by Gasteiger charge is -2.24. The molecular weight excluding hydrogens is 444 g/mol. The normalized spacial score (nSPS) is 12.9. The van der Waals surface area contributed by atoms with Crippen LogP contribution in [0.2, 0.25) is 0 Å². The number of aryl methyl sites for hydroxylation is 3. The Kier molecular flexibility index (Phi) is 8.17. The molecule has 0 bridgehead atoms. The van der Waals surface area contributed by atoms with E-state index in [1.807, 2.05) is 52.8 Å². The van der Waals surface area contributed by atoms with Gasteiger partial charge in [0, 0.05) is 17.8 Å². The van der Waals surface area contributed by atoms with Crippen molar-refractivity contribution in [1.82, 2.24) is 19.9 Å². The van der Waals surface area contributed by atoms with Gasteiger partial charge in [-0.05, 0) is 55.9 Å². The predicted molar refractivity (Wildman–Crippen MR) is 134 cm³/mol. The molecule has 184 valence electrons. The highest BCUT2D eigenvalue weighted by Crippen LogP contribution is 2.27. The van der Waals surface area contributed by atoms with Gasteiger partial charge in [0.05, 0.1) is 36.2 Å². The van der Waals surface area contributed by atoms with Crippen molar-refractivity contribution < 1.29 is 14.7 Å². The fourth-order valence-corrected chi connectivity index (χ4v) is 4.20. The Morgan fingerprint density at radius 1 is 1.09 bits per heavy atom. The van der Waals surface area contributed by atoms with Gasteiger partial charge in [0.15, 0.2) is 0 Å². The van der Waals surface area contributed by atoms with E-state index in [0.717, 1.165) is 22.3 Å². The predicted octanol–water partition coefficient (Wildman–Crippen LogP) is 4.15. The van der Waals surface area contributed by atoms with Gasteiger partial charge in [-0.2, -0.15) is 0 Å². The van der Waals surface area contributed by atoms with Crippen molar-refractivity contribution in [2.24, 2.45) is 5.92 Å². The lowest BCUT2D eigenvalue weighted by molar-refractivity contribution is -0.138. The molecule has 1 aromatic carbocycles. The number of nitrogens with zero attached hydrogens (tertiary/aromatic N) is 3. The van der Waals surface area contributed by atoms with Crippen molar-refractivity contribution in [3.8, 4) is 11.3 Å². The van der Waals surface area contributed by atoms with E-state index in [1.54, 1.807) is 18.5 Å². The maximum Gasteiger partial charge on any atom is 0.305 e. The molecule has 0 radical (unpaired) electrons. The van der Waals surface area contributed by atoms with Crippen LogP contribution in [0.3, 0.4) is 0 Å². The van der Waals surface area contributed by atoms with E-state index < -0.39 is 24.0 Å². The molecule has 0 aliphatic rings. The second-order valence-electron chi connectivity index (χ2n) is 9.35. The Hall–Kier alpha value is -3.81. The second-order valence-corrected chi connectivity index (χ2v) is 9.35. The number of amides is 1. The van der Waals surface area contributed by atoms with Crippen molar-refractivity contribution in [1.29, 1.82) is 0 Å². The zero-order valence-electron chi connectivity index (χ0n) is 20.8. The minimum atomic E-state index is -1.08. The highest BCUT2D eigenvalue weighted by molar-refractivity contribution is 5.81. The number of hydrogen-bond donors (Lipinski definition) is 2. The van der Waals surface area contributed by atoms with Crippen molar-refractivity contribution in [3.63, 3.8) is 0 Å². The first-order valence-corrected chi connectivity index (χ1v) is 11.7. The number of aromatic nitrogens is 3. The van der Waals surface area contributed by atoms with Crippen LogP contribution >= 0.6 is 0 Å². The number of hydrogen-bond acceptors (Lipinski definition) is 5. The SMILES string of the molecule is Cc1ccn([C@H](CC(C)C)C(=O)N[C@@H](CC(=O)O)c2cncc(-c3c(C)cccc3C)n2)c(=O)c1. The van der Waals surface area contributed by atoms with Gasteiger partial charge in [0.1, 0.15) is 6.04 Å². The lowest BCUT2D eigenvalue weighted by atomic mass is 9.99. The Bertz CT molecular complexity index is 1260. The highest BCUT2D eigenvalue weighted by atomic mass is 16.4. The van der Waals surface area contributed by atoms with E-state index in [4.69, 9.17) is 0 Å². The monoisotopic (exact) mass is 476 g/mol. The third-order valence-electron chi connectivity index (χ3n) is 5.88. The number of carboxylic acid groups (broad SMARTS) is 1. The van der Waals surface area contributed by atoms with E-state index in [-0.39, 0.29) is 17.9 Å². The molecule has 2 aromatic heterocycles. The number of benzene rings is 1. The Morgan fingerprint density at radius 3 is 2.37 bits per heavy atom. The molecule has 0 saturated carbocycles. The molecule has 0 fully saturated rings. The van der Waals surface area contributed by atoms with Gasteiger partial charge < -0.3 is 15.0 Å². The third kappa shape index (κ3) is 6.41. The van der Waals surface area contributed by atoms with Gasteiger partial charge in [-0.15, -0.1) is 0 Å². The summed E-state index contributed by atoms with van der Waals surface area (Å²) in [6.45, 7) is 9.70. The van der Waals surface area contributed by atoms with Crippen LogP contribution < -0.4 is 10.9 Å². The van der Waals surface area contributed by atoms with Gasteiger partial charge in [0.2, 0.25) is 5.91 Å². The van der Waals surface area contributed by atoms with Gasteiger partial charge in [-0.1, -0.05) is 32.0 Å². The molecule has 0 saturated heterocycles. The van der Waals surface area contributed by atoms with Crippen molar-refractivity contribution in [3.05, 3.63) is 81.7 Å². The maximum absolute atomic E-state index is 13.4. The Balaban J connectivity index is 1.98. The average Bonchev–Trinajstić information content (AvgIpc) is 2.77. The van der Waals surface area contributed by atoms with Crippen LogP contribution in [0.25, 0.3) is 11.3 Å². The molecule has 3 aromatic rings. The largest absolute Gasteiger partial charge is 0.481 e. The standard InChI is InChI=1S/C27H32N4O4/c1-16(2)11-23(31-10-9-17(3)12-24(31)32)27(35)30-20(13-25(33)34)21-14-28-15-22(29-21)26-18(4)7-6-8-19(26)5/h6-10,12,14-16,20,23H,11,13H2,1-5H3,(H,30,35)(H,33,34)/t20-,23+/m0/s1. The molecule has 0 aliphatic heterocycles. The molecule has 0 unspecified atom stereocenters. The molecule has 2 atom stereocenters. The van der Waals surface area contributed by atoms with Crippen LogP contribution in [0, 0.1) is 26.7 Å². The number of carboxylic acids is 1. The molecule has 0 spiro atoms.